The molecule has 9 nitrogen and oxygen atoms in total. The molecule has 1 aliphatic rings. The van der Waals surface area contributed by atoms with Crippen molar-refractivity contribution in [3.8, 4) is 0 Å². The van der Waals surface area contributed by atoms with Gasteiger partial charge in [0.25, 0.3) is 0 Å². The van der Waals surface area contributed by atoms with Gasteiger partial charge >= 0.3 is 5.97 Å². The summed E-state index contributed by atoms with van der Waals surface area (Å²) in [5, 5.41) is 17.2. The fourth-order valence-corrected chi connectivity index (χ4v) is 4.31. The second kappa shape index (κ2) is 8.62. The van der Waals surface area contributed by atoms with E-state index >= 15 is 0 Å². The Morgan fingerprint density at radius 1 is 1.21 bits per heavy atom. The van der Waals surface area contributed by atoms with Gasteiger partial charge in [0.1, 0.15) is 11.1 Å². The van der Waals surface area contributed by atoms with Crippen molar-refractivity contribution in [3.05, 3.63) is 51.3 Å². The number of hydrogen-bond donors (Lipinski definition) is 2. The first-order chi connectivity index (χ1) is 15.9. The van der Waals surface area contributed by atoms with Gasteiger partial charge in [-0.15, -0.1) is 5.10 Å². The number of piperidine rings is 1. The smallest absolute Gasteiger partial charge is 0.341 e. The van der Waals surface area contributed by atoms with Crippen molar-refractivity contribution in [1.82, 2.24) is 9.78 Å². The molecule has 180 valence electrons. The average Bonchev–Trinajstić information content (AvgIpc) is 3.18. The lowest BCUT2D eigenvalue weighted by Crippen LogP contribution is -2.37. The number of nitrogens with one attached hydrogen (secondary N) is 1. The fourth-order valence-electron chi connectivity index (χ4n) is 4.31. The number of aromatic nitrogens is 2. The molecule has 2 N–H and O–H groups in total. The molecule has 1 fully saturated rings. The highest BCUT2D eigenvalue weighted by molar-refractivity contribution is 5.94. The molecule has 4 rings (SSSR count). The summed E-state index contributed by atoms with van der Waals surface area (Å²) in [6, 6.07) is 4.82. The minimum atomic E-state index is -1.20. The van der Waals surface area contributed by atoms with E-state index in [1.165, 1.54) is 13.1 Å². The predicted molar refractivity (Wildman–Crippen MR) is 130 cm³/mol. The number of fused-ring (bicyclic) bond motifs is 1. The Kier molecular flexibility index (Phi) is 5.97. The molecule has 9 heteroatoms. The summed E-state index contributed by atoms with van der Waals surface area (Å²) in [4.78, 5) is 38.5. The molecule has 3 aromatic rings. The van der Waals surface area contributed by atoms with Crippen molar-refractivity contribution in [2.75, 3.05) is 23.3 Å². The number of aromatic carboxylic acids is 1. The number of carboxylic acid groups (broad SMARTS) is 1. The van der Waals surface area contributed by atoms with E-state index in [4.69, 9.17) is 4.42 Å². The van der Waals surface area contributed by atoms with Gasteiger partial charge in [0, 0.05) is 31.6 Å². The largest absolute Gasteiger partial charge is 0.477 e. The molecular formula is C25H30N4O5. The van der Waals surface area contributed by atoms with Crippen LogP contribution >= 0.6 is 0 Å². The molecule has 3 heterocycles. The second-order valence-corrected chi connectivity index (χ2v) is 9.86. The Morgan fingerprint density at radius 2 is 1.88 bits per heavy atom. The van der Waals surface area contributed by atoms with Gasteiger partial charge in [-0.2, -0.15) is 0 Å². The third-order valence-electron chi connectivity index (χ3n) is 6.50. The van der Waals surface area contributed by atoms with E-state index < -0.39 is 17.9 Å². The number of rotatable bonds is 5. The second-order valence-electron chi connectivity index (χ2n) is 9.86. The SMILES string of the molecule is CC(=O)n1cc(C(=O)O)c(N[C@H](C)c2cc(C)cc3c(=O)cc(N4CCC(C)(C)CC4)oc23)n1. The Morgan fingerprint density at radius 3 is 2.50 bits per heavy atom. The summed E-state index contributed by atoms with van der Waals surface area (Å²) >= 11 is 0. The van der Waals surface area contributed by atoms with Crippen LogP contribution in [0.15, 0.2) is 33.6 Å². The predicted octanol–water partition coefficient (Wildman–Crippen LogP) is 4.46. The van der Waals surface area contributed by atoms with E-state index in [0.717, 1.165) is 36.2 Å². The number of nitrogens with zero attached hydrogens (tertiary/aromatic N) is 3. The molecule has 0 aliphatic carbocycles. The van der Waals surface area contributed by atoms with E-state index in [0.29, 0.717) is 22.4 Å². The van der Waals surface area contributed by atoms with Crippen LogP contribution < -0.4 is 15.6 Å². The van der Waals surface area contributed by atoms with Gasteiger partial charge in [-0.25, -0.2) is 9.48 Å². The summed E-state index contributed by atoms with van der Waals surface area (Å²) in [7, 11) is 0. The Labute approximate surface area is 197 Å². The lowest BCUT2D eigenvalue weighted by molar-refractivity contribution is 0.0698. The standard InChI is InChI=1S/C25H30N4O5/c1-14-10-17(15(2)26-23-19(24(32)33)13-29(27-23)16(3)30)22-18(11-14)20(31)12-21(34-22)28-8-6-25(4,5)7-9-28/h10-13,15H,6-9H2,1-5H3,(H,26,27)(H,32,33)/t15-/m1/s1. The first-order valence-corrected chi connectivity index (χ1v) is 11.4. The molecule has 0 saturated carbocycles. The maximum absolute atomic E-state index is 13.0. The third-order valence-corrected chi connectivity index (χ3v) is 6.50. The third kappa shape index (κ3) is 4.55. The summed E-state index contributed by atoms with van der Waals surface area (Å²) in [6.07, 6.45) is 3.19. The van der Waals surface area contributed by atoms with Gasteiger partial charge in [-0.05, 0) is 43.7 Å². The van der Waals surface area contributed by atoms with E-state index in [2.05, 4.69) is 29.2 Å². The van der Waals surface area contributed by atoms with Crippen LogP contribution in [0, 0.1) is 12.3 Å². The number of anilines is 2. The summed E-state index contributed by atoms with van der Waals surface area (Å²) in [5.74, 6) is -0.985. The molecule has 0 unspecified atom stereocenters. The number of aryl methyl sites for hydroxylation is 1. The molecule has 0 bridgehead atoms. The molecule has 1 aromatic carbocycles. The molecule has 0 radical (unpaired) electrons. The van der Waals surface area contributed by atoms with Crippen LogP contribution in [0.2, 0.25) is 0 Å². The van der Waals surface area contributed by atoms with Crippen molar-refractivity contribution in [2.24, 2.45) is 5.41 Å². The lowest BCUT2D eigenvalue weighted by atomic mass is 9.83. The van der Waals surface area contributed by atoms with Crippen LogP contribution in [-0.2, 0) is 0 Å². The maximum atomic E-state index is 13.0. The van der Waals surface area contributed by atoms with Crippen LogP contribution in [0.25, 0.3) is 11.0 Å². The number of hydrogen-bond acceptors (Lipinski definition) is 7. The number of carboxylic acids is 1. The van der Waals surface area contributed by atoms with Crippen LogP contribution in [0.4, 0.5) is 11.7 Å². The molecule has 0 spiro atoms. The average molecular weight is 467 g/mol. The van der Waals surface area contributed by atoms with Crippen LogP contribution in [0.1, 0.15) is 72.9 Å². The summed E-state index contributed by atoms with van der Waals surface area (Å²) < 4.78 is 7.30. The van der Waals surface area contributed by atoms with Gasteiger partial charge in [0.05, 0.1) is 17.6 Å². The molecule has 1 aliphatic heterocycles. The van der Waals surface area contributed by atoms with Gasteiger partial charge in [0.15, 0.2) is 17.1 Å². The van der Waals surface area contributed by atoms with Gasteiger partial charge < -0.3 is 19.7 Å². The topological polar surface area (TPSA) is 118 Å². The van der Waals surface area contributed by atoms with Crippen molar-refractivity contribution in [2.45, 2.75) is 53.5 Å². The van der Waals surface area contributed by atoms with Gasteiger partial charge in [-0.1, -0.05) is 19.9 Å². The maximum Gasteiger partial charge on any atom is 0.341 e. The highest BCUT2D eigenvalue weighted by Gasteiger charge is 2.27. The van der Waals surface area contributed by atoms with E-state index in [1.807, 2.05) is 19.9 Å². The highest BCUT2D eigenvalue weighted by Crippen LogP contribution is 2.34. The minimum absolute atomic E-state index is 0.0709. The highest BCUT2D eigenvalue weighted by atomic mass is 16.4. The quantitative estimate of drug-likeness (QED) is 0.566. The number of benzene rings is 1. The fraction of sp³-hybridized carbons (Fsp3) is 0.440. The molecule has 0 amide bonds. The zero-order chi connectivity index (χ0) is 24.8. The van der Waals surface area contributed by atoms with Crippen molar-refractivity contribution < 1.29 is 19.1 Å². The van der Waals surface area contributed by atoms with Gasteiger partial charge in [-0.3, -0.25) is 9.59 Å². The lowest BCUT2D eigenvalue weighted by Gasteiger charge is -2.37. The zero-order valence-electron chi connectivity index (χ0n) is 20.1. The van der Waals surface area contributed by atoms with Gasteiger partial charge in [0.2, 0.25) is 5.91 Å². The Balaban J connectivity index is 1.75. The summed E-state index contributed by atoms with van der Waals surface area (Å²) in [6.45, 7) is 11.1. The zero-order valence-corrected chi connectivity index (χ0v) is 20.1. The molecule has 34 heavy (non-hydrogen) atoms. The molecule has 1 atom stereocenters. The van der Waals surface area contributed by atoms with Crippen LogP contribution in [0.5, 0.6) is 0 Å². The summed E-state index contributed by atoms with van der Waals surface area (Å²) in [5.41, 5.74) is 2.08. The number of carbonyl (C=O) groups is 2. The monoisotopic (exact) mass is 466 g/mol. The van der Waals surface area contributed by atoms with Crippen LogP contribution in [0.3, 0.4) is 0 Å². The Hall–Kier alpha value is -3.62. The molecular weight excluding hydrogens is 436 g/mol. The van der Waals surface area contributed by atoms with Crippen LogP contribution in [-0.4, -0.2) is 39.9 Å². The molecule has 1 saturated heterocycles. The van der Waals surface area contributed by atoms with E-state index in [1.54, 1.807) is 12.1 Å². The minimum Gasteiger partial charge on any atom is -0.477 e. The normalized spacial score (nSPS) is 16.4. The first kappa shape index (κ1) is 23.5. The van der Waals surface area contributed by atoms with Crippen molar-refractivity contribution >= 4 is 34.5 Å². The number of carbonyl (C=O) groups excluding carboxylic acids is 1. The van der Waals surface area contributed by atoms with E-state index in [9.17, 15) is 19.5 Å². The Bertz CT molecular complexity index is 1330. The van der Waals surface area contributed by atoms with Crippen molar-refractivity contribution in [3.63, 3.8) is 0 Å². The van der Waals surface area contributed by atoms with Crippen molar-refractivity contribution in [1.29, 1.82) is 0 Å². The van der Waals surface area contributed by atoms with E-state index in [-0.39, 0.29) is 22.2 Å². The first-order valence-electron chi connectivity index (χ1n) is 11.4. The molecule has 2 aromatic heterocycles.